The fourth-order valence-electron chi connectivity index (χ4n) is 4.67. The zero-order chi connectivity index (χ0) is 23.3. The van der Waals surface area contributed by atoms with Crippen LogP contribution in [0.15, 0.2) is 67.0 Å². The van der Waals surface area contributed by atoms with Crippen molar-refractivity contribution in [2.24, 2.45) is 5.92 Å². The number of carbonyl (C=O) groups is 1. The summed E-state index contributed by atoms with van der Waals surface area (Å²) in [6.07, 6.45) is 5.13. The Morgan fingerprint density at radius 1 is 0.882 bits per heavy atom. The van der Waals surface area contributed by atoms with E-state index in [0.29, 0.717) is 24.0 Å². The number of piperidine rings is 1. The smallest absolute Gasteiger partial charge is 0.263 e. The standard InChI is InChI=1S/C26H28ClN5O2/c27-21-8-10-22(11-9-21)30-15-17-31(18-16-30)26(33)20-5-4-14-32(19-20)24-25(29-13-12-28-24)34-23-6-2-1-3-7-23/h1-3,6-13,20H,4-5,14-19H2/t20-/m0/s1. The number of hydrogen-bond donors (Lipinski definition) is 0. The van der Waals surface area contributed by atoms with Gasteiger partial charge in [0.05, 0.1) is 5.92 Å². The van der Waals surface area contributed by atoms with E-state index >= 15 is 0 Å². The van der Waals surface area contributed by atoms with E-state index < -0.39 is 0 Å². The summed E-state index contributed by atoms with van der Waals surface area (Å²) in [6.45, 7) is 4.56. The van der Waals surface area contributed by atoms with Gasteiger partial charge in [-0.1, -0.05) is 29.8 Å². The molecule has 176 valence electrons. The van der Waals surface area contributed by atoms with E-state index in [4.69, 9.17) is 16.3 Å². The van der Waals surface area contributed by atoms with Gasteiger partial charge < -0.3 is 19.4 Å². The molecule has 2 aliphatic rings. The van der Waals surface area contributed by atoms with Gasteiger partial charge in [-0.25, -0.2) is 9.97 Å². The minimum atomic E-state index is -0.0533. The lowest BCUT2D eigenvalue weighted by Gasteiger charge is -2.40. The number of anilines is 2. The van der Waals surface area contributed by atoms with Crippen LogP contribution in [0.2, 0.25) is 5.02 Å². The van der Waals surface area contributed by atoms with Crippen molar-refractivity contribution in [2.75, 3.05) is 49.1 Å². The Kier molecular flexibility index (Phi) is 6.81. The molecule has 1 amide bonds. The highest BCUT2D eigenvalue weighted by Gasteiger charge is 2.32. The fourth-order valence-corrected chi connectivity index (χ4v) is 4.80. The van der Waals surface area contributed by atoms with E-state index in [9.17, 15) is 4.79 Å². The van der Waals surface area contributed by atoms with Crippen molar-refractivity contribution in [1.29, 1.82) is 0 Å². The van der Waals surface area contributed by atoms with Gasteiger partial charge >= 0.3 is 0 Å². The van der Waals surface area contributed by atoms with Crippen LogP contribution in [-0.4, -0.2) is 60.0 Å². The van der Waals surface area contributed by atoms with Crippen LogP contribution in [0.25, 0.3) is 0 Å². The number of carbonyl (C=O) groups excluding carboxylic acids is 1. The third kappa shape index (κ3) is 5.09. The number of piperazine rings is 1. The average Bonchev–Trinajstić information content (AvgIpc) is 2.90. The van der Waals surface area contributed by atoms with Crippen molar-refractivity contribution < 1.29 is 9.53 Å². The van der Waals surface area contributed by atoms with E-state index in [-0.39, 0.29) is 11.8 Å². The van der Waals surface area contributed by atoms with Crippen molar-refractivity contribution in [3.63, 3.8) is 0 Å². The Morgan fingerprint density at radius 3 is 2.38 bits per heavy atom. The van der Waals surface area contributed by atoms with Crippen LogP contribution in [0.5, 0.6) is 11.6 Å². The minimum absolute atomic E-state index is 0.0533. The zero-order valence-corrected chi connectivity index (χ0v) is 19.8. The first-order valence-corrected chi connectivity index (χ1v) is 12.1. The number of benzene rings is 2. The summed E-state index contributed by atoms with van der Waals surface area (Å²) in [5.41, 5.74) is 1.15. The maximum Gasteiger partial charge on any atom is 0.263 e. The quantitative estimate of drug-likeness (QED) is 0.539. The van der Waals surface area contributed by atoms with E-state index in [1.807, 2.05) is 59.5 Å². The first kappa shape index (κ1) is 22.5. The van der Waals surface area contributed by atoms with Crippen LogP contribution in [0, 0.1) is 5.92 Å². The number of para-hydroxylation sites is 1. The molecule has 0 aliphatic carbocycles. The van der Waals surface area contributed by atoms with Crippen molar-refractivity contribution in [1.82, 2.24) is 14.9 Å². The molecule has 8 heteroatoms. The van der Waals surface area contributed by atoms with Crippen LogP contribution in [0.3, 0.4) is 0 Å². The molecule has 7 nitrogen and oxygen atoms in total. The largest absolute Gasteiger partial charge is 0.436 e. The molecule has 2 aromatic carbocycles. The average molecular weight is 478 g/mol. The summed E-state index contributed by atoms with van der Waals surface area (Å²) in [4.78, 5) is 28.8. The van der Waals surface area contributed by atoms with Gasteiger partial charge in [-0.2, -0.15) is 0 Å². The van der Waals surface area contributed by atoms with Crippen molar-refractivity contribution in [3.05, 3.63) is 72.0 Å². The molecular weight excluding hydrogens is 450 g/mol. The molecule has 2 fully saturated rings. The molecule has 1 aromatic heterocycles. The Morgan fingerprint density at radius 2 is 1.62 bits per heavy atom. The van der Waals surface area contributed by atoms with Gasteiger partial charge in [0, 0.05) is 62.4 Å². The lowest BCUT2D eigenvalue weighted by molar-refractivity contribution is -0.136. The molecule has 0 bridgehead atoms. The number of amides is 1. The normalized spacial score (nSPS) is 18.6. The van der Waals surface area contributed by atoms with E-state index in [0.717, 1.165) is 56.3 Å². The maximum atomic E-state index is 13.4. The molecule has 0 spiro atoms. The van der Waals surface area contributed by atoms with Crippen molar-refractivity contribution >= 4 is 29.0 Å². The molecule has 3 heterocycles. The topological polar surface area (TPSA) is 61.8 Å². The van der Waals surface area contributed by atoms with Crippen molar-refractivity contribution in [2.45, 2.75) is 12.8 Å². The Hall–Kier alpha value is -3.32. The first-order chi connectivity index (χ1) is 16.7. The summed E-state index contributed by atoms with van der Waals surface area (Å²) >= 11 is 6.02. The summed E-state index contributed by atoms with van der Waals surface area (Å²) in [5.74, 6) is 2.06. The molecule has 2 aliphatic heterocycles. The highest BCUT2D eigenvalue weighted by Crippen LogP contribution is 2.31. The van der Waals surface area contributed by atoms with Crippen LogP contribution >= 0.6 is 11.6 Å². The predicted octanol–water partition coefficient (Wildman–Crippen LogP) is 4.49. The molecule has 5 rings (SSSR count). The number of rotatable bonds is 5. The Bertz CT molecular complexity index is 1100. The minimum Gasteiger partial charge on any atom is -0.436 e. The second-order valence-corrected chi connectivity index (χ2v) is 9.11. The molecule has 1 atom stereocenters. The molecule has 3 aromatic rings. The molecule has 34 heavy (non-hydrogen) atoms. The van der Waals surface area contributed by atoms with Crippen LogP contribution < -0.4 is 14.5 Å². The second-order valence-electron chi connectivity index (χ2n) is 8.67. The van der Waals surface area contributed by atoms with Gasteiger partial charge in [-0.3, -0.25) is 4.79 Å². The summed E-state index contributed by atoms with van der Waals surface area (Å²) in [5, 5.41) is 0.736. The van der Waals surface area contributed by atoms with Crippen LogP contribution in [-0.2, 0) is 4.79 Å². The number of ether oxygens (including phenoxy) is 1. The maximum absolute atomic E-state index is 13.4. The van der Waals surface area contributed by atoms with E-state index in [1.54, 1.807) is 12.4 Å². The van der Waals surface area contributed by atoms with Gasteiger partial charge in [-0.05, 0) is 49.2 Å². The fraction of sp³-hybridized carbons (Fsp3) is 0.346. The summed E-state index contributed by atoms with van der Waals surface area (Å²) in [7, 11) is 0. The monoisotopic (exact) mass is 477 g/mol. The van der Waals surface area contributed by atoms with Crippen LogP contribution in [0.4, 0.5) is 11.5 Å². The Labute approximate surface area is 204 Å². The zero-order valence-electron chi connectivity index (χ0n) is 19.0. The number of halogens is 1. The molecule has 0 saturated carbocycles. The van der Waals surface area contributed by atoms with Gasteiger partial charge in [0.1, 0.15) is 5.75 Å². The Balaban J connectivity index is 1.22. The molecule has 0 N–H and O–H groups in total. The number of aromatic nitrogens is 2. The molecular formula is C26H28ClN5O2. The lowest BCUT2D eigenvalue weighted by Crippen LogP contribution is -2.52. The van der Waals surface area contributed by atoms with E-state index in [2.05, 4.69) is 19.8 Å². The molecule has 2 saturated heterocycles. The van der Waals surface area contributed by atoms with Crippen LogP contribution in [0.1, 0.15) is 12.8 Å². The third-order valence-electron chi connectivity index (χ3n) is 6.46. The number of hydrogen-bond acceptors (Lipinski definition) is 6. The van der Waals surface area contributed by atoms with Gasteiger partial charge in [0.2, 0.25) is 5.91 Å². The van der Waals surface area contributed by atoms with Gasteiger partial charge in [0.25, 0.3) is 5.88 Å². The highest BCUT2D eigenvalue weighted by molar-refractivity contribution is 6.30. The van der Waals surface area contributed by atoms with E-state index in [1.165, 1.54) is 0 Å². The summed E-state index contributed by atoms with van der Waals surface area (Å²) < 4.78 is 6.01. The van der Waals surface area contributed by atoms with Crippen molar-refractivity contribution in [3.8, 4) is 11.6 Å². The molecule has 0 unspecified atom stereocenters. The second kappa shape index (κ2) is 10.3. The highest BCUT2D eigenvalue weighted by atomic mass is 35.5. The summed E-state index contributed by atoms with van der Waals surface area (Å²) in [6, 6.07) is 17.5. The third-order valence-corrected chi connectivity index (χ3v) is 6.71. The van der Waals surface area contributed by atoms with Gasteiger partial charge in [0.15, 0.2) is 5.82 Å². The SMILES string of the molecule is O=C([C@H]1CCCN(c2nccnc2Oc2ccccc2)C1)N1CCN(c2ccc(Cl)cc2)CC1. The number of nitrogens with zero attached hydrogens (tertiary/aromatic N) is 5. The molecule has 0 radical (unpaired) electrons. The first-order valence-electron chi connectivity index (χ1n) is 11.8. The lowest BCUT2D eigenvalue weighted by atomic mass is 9.96. The predicted molar refractivity (Wildman–Crippen MR) is 134 cm³/mol. The van der Waals surface area contributed by atoms with Gasteiger partial charge in [-0.15, -0.1) is 0 Å².